The molecule has 2 aromatic rings. The van der Waals surface area contributed by atoms with E-state index in [0.717, 1.165) is 32.1 Å². The van der Waals surface area contributed by atoms with Gasteiger partial charge in [-0.05, 0) is 68.7 Å². The lowest BCUT2D eigenvalue weighted by molar-refractivity contribution is -0.125. The van der Waals surface area contributed by atoms with Gasteiger partial charge in [-0.25, -0.2) is 13.4 Å². The number of amides is 2. The first-order valence-electron chi connectivity index (χ1n) is 13.3. The van der Waals surface area contributed by atoms with Crippen LogP contribution >= 0.6 is 0 Å². The molecule has 1 saturated heterocycles. The van der Waals surface area contributed by atoms with E-state index in [9.17, 15) is 23.1 Å². The van der Waals surface area contributed by atoms with Crippen molar-refractivity contribution in [3.63, 3.8) is 0 Å². The van der Waals surface area contributed by atoms with E-state index in [1.54, 1.807) is 31.2 Å². The van der Waals surface area contributed by atoms with Crippen LogP contribution in [0.1, 0.15) is 75.8 Å². The zero-order valence-electron chi connectivity index (χ0n) is 22.0. The number of β-amino-alcohol motifs (C(OH)–C–C–N with tert-alkyl or cyclic N) is 1. The summed E-state index contributed by atoms with van der Waals surface area (Å²) in [6.45, 7) is 3.76. The molecule has 2 aromatic heterocycles. The Morgan fingerprint density at radius 1 is 1.18 bits per heavy atom. The molecule has 2 fully saturated rings. The first-order valence-corrected chi connectivity index (χ1v) is 14.8. The Labute approximate surface area is 224 Å². The minimum absolute atomic E-state index is 0.0806. The molecule has 38 heavy (non-hydrogen) atoms. The van der Waals surface area contributed by atoms with Crippen molar-refractivity contribution in [2.45, 2.75) is 94.5 Å². The van der Waals surface area contributed by atoms with Crippen LogP contribution in [-0.4, -0.2) is 65.4 Å². The smallest absolute Gasteiger partial charge is 0.287 e. The summed E-state index contributed by atoms with van der Waals surface area (Å²) in [5.41, 5.74) is -0.0964. The number of furan rings is 1. The van der Waals surface area contributed by atoms with Crippen molar-refractivity contribution >= 4 is 21.8 Å². The van der Waals surface area contributed by atoms with E-state index in [2.05, 4.69) is 22.5 Å². The third-order valence-corrected chi connectivity index (χ3v) is 9.78. The Bertz CT molecular complexity index is 1180. The molecule has 0 aromatic carbocycles. The maximum Gasteiger partial charge on any atom is 0.287 e. The topological polar surface area (TPSA) is 142 Å². The van der Waals surface area contributed by atoms with Crippen LogP contribution in [0.3, 0.4) is 0 Å². The Hall–Kier alpha value is -2.76. The Balaban J connectivity index is 1.48. The molecule has 1 saturated carbocycles. The molecule has 11 heteroatoms. The SMILES string of the molecule is C[C@@H]1CCC(NC(=O)C(CC2(C)CCCCC2)NC(=O)c2ccco2)C(O)CN1S(=O)(=O)c1ccccn1. The highest BCUT2D eigenvalue weighted by atomic mass is 32.2. The van der Waals surface area contributed by atoms with Crippen LogP contribution in [0.5, 0.6) is 0 Å². The number of carbonyl (C=O) groups is 2. The van der Waals surface area contributed by atoms with Gasteiger partial charge < -0.3 is 20.2 Å². The minimum Gasteiger partial charge on any atom is -0.459 e. The lowest BCUT2D eigenvalue weighted by atomic mass is 9.71. The van der Waals surface area contributed by atoms with E-state index in [1.165, 1.54) is 22.8 Å². The summed E-state index contributed by atoms with van der Waals surface area (Å²) in [6, 6.07) is 5.94. The van der Waals surface area contributed by atoms with Crippen molar-refractivity contribution in [1.82, 2.24) is 19.9 Å². The number of carbonyl (C=O) groups excluding carboxylic acids is 2. The first kappa shape index (κ1) is 28.3. The summed E-state index contributed by atoms with van der Waals surface area (Å²) in [4.78, 5) is 30.3. The molecule has 1 aliphatic carbocycles. The van der Waals surface area contributed by atoms with Crippen molar-refractivity contribution in [1.29, 1.82) is 0 Å². The van der Waals surface area contributed by atoms with Gasteiger partial charge in [-0.15, -0.1) is 0 Å². The number of rotatable bonds is 8. The molecule has 208 valence electrons. The quantitative estimate of drug-likeness (QED) is 0.462. The second-order valence-electron chi connectivity index (χ2n) is 10.9. The van der Waals surface area contributed by atoms with Gasteiger partial charge in [0.25, 0.3) is 15.9 Å². The minimum atomic E-state index is -3.92. The van der Waals surface area contributed by atoms with E-state index in [4.69, 9.17) is 4.42 Å². The zero-order chi connectivity index (χ0) is 27.3. The van der Waals surface area contributed by atoms with Crippen molar-refractivity contribution in [2.75, 3.05) is 6.54 Å². The normalized spacial score (nSPS) is 25.2. The van der Waals surface area contributed by atoms with E-state index in [-0.39, 0.29) is 22.7 Å². The van der Waals surface area contributed by atoms with Crippen molar-refractivity contribution in [3.05, 3.63) is 48.6 Å². The Morgan fingerprint density at radius 3 is 2.61 bits per heavy atom. The number of sulfonamides is 1. The standard InChI is InChI=1S/C27H38N4O6S/c1-19-11-12-20(22(32)18-31(19)38(35,36)24-10-4-7-15-28-24)29-25(33)21(17-27(2)13-5-3-6-14-27)30-26(34)23-9-8-16-37-23/h4,7-10,15-16,19-22,32H,3,5-6,11-14,17-18H2,1-2H3,(H,29,33)(H,30,34)/t19-,20?,21?,22?/m1/s1. The van der Waals surface area contributed by atoms with Crippen LogP contribution in [0.4, 0.5) is 0 Å². The molecule has 3 N–H and O–H groups in total. The van der Waals surface area contributed by atoms with Gasteiger partial charge in [0.1, 0.15) is 6.04 Å². The highest BCUT2D eigenvalue weighted by Crippen LogP contribution is 2.39. The van der Waals surface area contributed by atoms with Gasteiger partial charge in [0.2, 0.25) is 5.91 Å². The van der Waals surface area contributed by atoms with Gasteiger partial charge in [0.15, 0.2) is 10.8 Å². The molecule has 3 unspecified atom stereocenters. The second-order valence-corrected chi connectivity index (χ2v) is 12.8. The summed E-state index contributed by atoms with van der Waals surface area (Å²) in [7, 11) is -3.92. The Kier molecular flexibility index (Phi) is 8.89. The van der Waals surface area contributed by atoms with Gasteiger partial charge in [0, 0.05) is 18.8 Å². The number of pyridine rings is 1. The lowest BCUT2D eigenvalue weighted by Crippen LogP contribution is -2.55. The fourth-order valence-electron chi connectivity index (χ4n) is 5.60. The molecule has 0 radical (unpaired) electrons. The van der Waals surface area contributed by atoms with Crippen LogP contribution in [0, 0.1) is 5.41 Å². The average molecular weight is 547 g/mol. The molecular weight excluding hydrogens is 508 g/mol. The molecule has 4 atom stereocenters. The van der Waals surface area contributed by atoms with E-state index < -0.39 is 46.1 Å². The van der Waals surface area contributed by atoms with Crippen LogP contribution in [0.25, 0.3) is 0 Å². The van der Waals surface area contributed by atoms with E-state index in [1.807, 2.05) is 0 Å². The van der Waals surface area contributed by atoms with Crippen molar-refractivity contribution in [3.8, 4) is 0 Å². The zero-order valence-corrected chi connectivity index (χ0v) is 22.8. The molecule has 2 aliphatic rings. The number of nitrogens with zero attached hydrogens (tertiary/aromatic N) is 2. The average Bonchev–Trinajstić information content (AvgIpc) is 3.40. The van der Waals surface area contributed by atoms with Gasteiger partial charge in [-0.3, -0.25) is 9.59 Å². The van der Waals surface area contributed by atoms with Crippen LogP contribution in [-0.2, 0) is 14.8 Å². The molecule has 10 nitrogen and oxygen atoms in total. The van der Waals surface area contributed by atoms with Gasteiger partial charge in [-0.1, -0.05) is 32.3 Å². The van der Waals surface area contributed by atoms with Crippen molar-refractivity contribution < 1.29 is 27.5 Å². The van der Waals surface area contributed by atoms with E-state index in [0.29, 0.717) is 19.3 Å². The maximum absolute atomic E-state index is 13.6. The van der Waals surface area contributed by atoms with Crippen LogP contribution < -0.4 is 10.6 Å². The summed E-state index contributed by atoms with van der Waals surface area (Å²) >= 11 is 0. The fourth-order valence-corrected chi connectivity index (χ4v) is 7.22. The highest BCUT2D eigenvalue weighted by molar-refractivity contribution is 7.89. The molecule has 0 bridgehead atoms. The first-order chi connectivity index (χ1) is 18.1. The van der Waals surface area contributed by atoms with Gasteiger partial charge in [-0.2, -0.15) is 4.31 Å². The van der Waals surface area contributed by atoms with Gasteiger partial charge >= 0.3 is 0 Å². The molecule has 2 amide bonds. The number of aromatic nitrogens is 1. The molecular formula is C27H38N4O6S. The predicted octanol–water partition coefficient (Wildman–Crippen LogP) is 2.85. The number of aliphatic hydroxyl groups is 1. The summed E-state index contributed by atoms with van der Waals surface area (Å²) in [5.74, 6) is -0.748. The third-order valence-electron chi connectivity index (χ3n) is 7.88. The maximum atomic E-state index is 13.6. The number of nitrogens with one attached hydrogen (secondary N) is 2. The molecule has 1 aliphatic heterocycles. The monoisotopic (exact) mass is 546 g/mol. The number of aliphatic hydroxyl groups excluding tert-OH is 1. The summed E-state index contributed by atoms with van der Waals surface area (Å²) in [5, 5.41) is 16.7. The fraction of sp³-hybridized carbons (Fsp3) is 0.593. The van der Waals surface area contributed by atoms with E-state index >= 15 is 0 Å². The highest BCUT2D eigenvalue weighted by Gasteiger charge is 2.39. The van der Waals surface area contributed by atoms with Crippen molar-refractivity contribution in [2.24, 2.45) is 5.41 Å². The molecule has 0 spiro atoms. The van der Waals surface area contributed by atoms with Gasteiger partial charge in [0.05, 0.1) is 18.4 Å². The number of hydrogen-bond acceptors (Lipinski definition) is 7. The summed E-state index contributed by atoms with van der Waals surface area (Å²) in [6.07, 6.45) is 8.24. The molecule has 4 rings (SSSR count). The summed E-state index contributed by atoms with van der Waals surface area (Å²) < 4.78 is 32.9. The predicted molar refractivity (Wildman–Crippen MR) is 141 cm³/mol. The number of hydrogen-bond donors (Lipinski definition) is 3. The second kappa shape index (κ2) is 12.0. The largest absolute Gasteiger partial charge is 0.459 e. The molecule has 3 heterocycles. The van der Waals surface area contributed by atoms with Crippen LogP contribution in [0.15, 0.2) is 52.2 Å². The lowest BCUT2D eigenvalue weighted by Gasteiger charge is -2.37. The Morgan fingerprint density at radius 2 is 1.95 bits per heavy atom. The third kappa shape index (κ3) is 6.62. The van der Waals surface area contributed by atoms with Crippen LogP contribution in [0.2, 0.25) is 0 Å².